The van der Waals surface area contributed by atoms with Gasteiger partial charge in [-0.25, -0.2) is 9.97 Å². The highest BCUT2D eigenvalue weighted by Crippen LogP contribution is 2.30. The van der Waals surface area contributed by atoms with Crippen LogP contribution in [0.1, 0.15) is 44.1 Å². The summed E-state index contributed by atoms with van der Waals surface area (Å²) in [4.78, 5) is 12.0. The smallest absolute Gasteiger partial charge is 0.161 e. The standard InChI is InChI=1S/C18H26N4O/c1-21-10-3-2-8-17(21)22-16(12-14-6-5-11-23-13-14)20-15-7-4-9-19-18(15)22/h4,7,9,14,17H,2-3,5-6,8,10-13H2,1H3. The lowest BCUT2D eigenvalue weighted by atomic mass is 9.98. The van der Waals surface area contributed by atoms with Crippen molar-refractivity contribution in [2.75, 3.05) is 26.8 Å². The van der Waals surface area contributed by atoms with E-state index in [4.69, 9.17) is 9.72 Å². The van der Waals surface area contributed by atoms with Crippen LogP contribution < -0.4 is 0 Å². The van der Waals surface area contributed by atoms with Crippen molar-refractivity contribution in [3.63, 3.8) is 0 Å². The van der Waals surface area contributed by atoms with Gasteiger partial charge in [0, 0.05) is 25.8 Å². The lowest BCUT2D eigenvalue weighted by Gasteiger charge is -2.35. The molecular weight excluding hydrogens is 288 g/mol. The monoisotopic (exact) mass is 314 g/mol. The van der Waals surface area contributed by atoms with Crippen LogP contribution in [0.5, 0.6) is 0 Å². The van der Waals surface area contributed by atoms with Crippen LogP contribution in [0.4, 0.5) is 0 Å². The highest BCUT2D eigenvalue weighted by Gasteiger charge is 2.27. The fourth-order valence-electron chi connectivity index (χ4n) is 4.04. The SMILES string of the molecule is CN1CCCCC1n1c(CC2CCCOC2)nc2cccnc21. The van der Waals surface area contributed by atoms with Gasteiger partial charge >= 0.3 is 0 Å². The summed E-state index contributed by atoms with van der Waals surface area (Å²) in [6.45, 7) is 2.94. The highest BCUT2D eigenvalue weighted by molar-refractivity contribution is 5.71. The Hall–Kier alpha value is -1.46. The Labute approximate surface area is 137 Å². The molecule has 0 bridgehead atoms. The molecule has 0 N–H and O–H groups in total. The number of pyridine rings is 1. The molecule has 2 unspecified atom stereocenters. The second-order valence-electron chi connectivity index (χ2n) is 6.99. The van der Waals surface area contributed by atoms with Crippen molar-refractivity contribution < 1.29 is 4.74 Å². The maximum absolute atomic E-state index is 5.67. The average molecular weight is 314 g/mol. The van der Waals surface area contributed by atoms with Crippen molar-refractivity contribution in [1.82, 2.24) is 19.4 Å². The van der Waals surface area contributed by atoms with Crippen molar-refractivity contribution in [2.24, 2.45) is 5.92 Å². The molecule has 2 aromatic heterocycles. The Balaban J connectivity index is 1.71. The Bertz CT molecular complexity index is 662. The molecule has 4 heterocycles. The largest absolute Gasteiger partial charge is 0.381 e. The zero-order valence-corrected chi connectivity index (χ0v) is 13.9. The summed E-state index contributed by atoms with van der Waals surface area (Å²) in [5.74, 6) is 1.78. The number of hydrogen-bond acceptors (Lipinski definition) is 4. The molecule has 23 heavy (non-hydrogen) atoms. The molecule has 0 aliphatic carbocycles. The van der Waals surface area contributed by atoms with Crippen LogP contribution in [0.3, 0.4) is 0 Å². The second-order valence-corrected chi connectivity index (χ2v) is 6.99. The molecule has 124 valence electrons. The Kier molecular flexibility index (Phi) is 4.31. The molecule has 2 aliphatic rings. The maximum Gasteiger partial charge on any atom is 0.161 e. The molecule has 2 aromatic rings. The van der Waals surface area contributed by atoms with Crippen molar-refractivity contribution in [1.29, 1.82) is 0 Å². The Morgan fingerprint density at radius 2 is 2.22 bits per heavy atom. The number of hydrogen-bond donors (Lipinski definition) is 0. The molecule has 0 aromatic carbocycles. The number of fused-ring (bicyclic) bond motifs is 1. The number of piperidine rings is 1. The summed E-state index contributed by atoms with van der Waals surface area (Å²) in [5, 5.41) is 0. The van der Waals surface area contributed by atoms with E-state index < -0.39 is 0 Å². The summed E-state index contributed by atoms with van der Waals surface area (Å²) in [5.41, 5.74) is 2.07. The van der Waals surface area contributed by atoms with Gasteiger partial charge in [0.1, 0.15) is 11.3 Å². The minimum Gasteiger partial charge on any atom is -0.381 e. The topological polar surface area (TPSA) is 43.2 Å². The molecule has 0 radical (unpaired) electrons. The molecule has 5 heteroatoms. The van der Waals surface area contributed by atoms with Gasteiger partial charge in [0.25, 0.3) is 0 Å². The van der Waals surface area contributed by atoms with E-state index in [0.29, 0.717) is 12.1 Å². The van der Waals surface area contributed by atoms with Gasteiger partial charge in [-0.2, -0.15) is 0 Å². The van der Waals surface area contributed by atoms with Crippen molar-refractivity contribution in [2.45, 2.75) is 44.7 Å². The molecule has 2 saturated heterocycles. The molecule has 2 aliphatic heterocycles. The normalized spacial score (nSPS) is 26.7. The van der Waals surface area contributed by atoms with Crippen molar-refractivity contribution in [3.05, 3.63) is 24.2 Å². The molecule has 0 saturated carbocycles. The fraction of sp³-hybridized carbons (Fsp3) is 0.667. The summed E-state index contributed by atoms with van der Waals surface area (Å²) < 4.78 is 8.08. The van der Waals surface area contributed by atoms with E-state index >= 15 is 0 Å². The van der Waals surface area contributed by atoms with E-state index in [9.17, 15) is 0 Å². The molecule has 0 amide bonds. The zero-order chi connectivity index (χ0) is 15.6. The molecule has 4 rings (SSSR count). The van der Waals surface area contributed by atoms with E-state index in [1.54, 1.807) is 0 Å². The van der Waals surface area contributed by atoms with Gasteiger partial charge < -0.3 is 4.74 Å². The number of ether oxygens (including phenoxy) is 1. The highest BCUT2D eigenvalue weighted by atomic mass is 16.5. The van der Waals surface area contributed by atoms with Crippen molar-refractivity contribution >= 4 is 11.2 Å². The quantitative estimate of drug-likeness (QED) is 0.873. The van der Waals surface area contributed by atoms with Gasteiger partial charge in [0.2, 0.25) is 0 Å². The molecule has 2 fully saturated rings. The van der Waals surface area contributed by atoms with Gasteiger partial charge in [-0.15, -0.1) is 0 Å². The molecule has 0 spiro atoms. The lowest BCUT2D eigenvalue weighted by molar-refractivity contribution is 0.0527. The number of aromatic nitrogens is 3. The van der Waals surface area contributed by atoms with Crippen molar-refractivity contribution in [3.8, 4) is 0 Å². The van der Waals surface area contributed by atoms with Gasteiger partial charge in [-0.05, 0) is 63.7 Å². The zero-order valence-electron chi connectivity index (χ0n) is 13.9. The van der Waals surface area contributed by atoms with Crippen LogP contribution in [0.15, 0.2) is 18.3 Å². The van der Waals surface area contributed by atoms with Crippen LogP contribution in [0.2, 0.25) is 0 Å². The number of likely N-dealkylation sites (tertiary alicyclic amines) is 1. The molecule has 2 atom stereocenters. The minimum atomic E-state index is 0.392. The van der Waals surface area contributed by atoms with Crippen LogP contribution in [-0.2, 0) is 11.2 Å². The average Bonchev–Trinajstić information content (AvgIpc) is 2.94. The fourth-order valence-corrected chi connectivity index (χ4v) is 4.04. The summed E-state index contributed by atoms with van der Waals surface area (Å²) in [6, 6.07) is 4.07. The van der Waals surface area contributed by atoms with Gasteiger partial charge in [0.05, 0.1) is 6.17 Å². The number of imidazole rings is 1. The number of rotatable bonds is 3. The van der Waals surface area contributed by atoms with Gasteiger partial charge in [-0.3, -0.25) is 9.47 Å². The van der Waals surface area contributed by atoms with E-state index in [0.717, 1.165) is 37.3 Å². The van der Waals surface area contributed by atoms with Gasteiger partial charge in [0.15, 0.2) is 5.65 Å². The summed E-state index contributed by atoms with van der Waals surface area (Å²) in [7, 11) is 2.23. The summed E-state index contributed by atoms with van der Waals surface area (Å²) in [6.07, 6.45) is 9.46. The third-order valence-electron chi connectivity index (χ3n) is 5.28. The number of nitrogens with zero attached hydrogens (tertiary/aromatic N) is 4. The maximum atomic E-state index is 5.67. The Morgan fingerprint density at radius 1 is 1.26 bits per heavy atom. The lowest BCUT2D eigenvalue weighted by Crippen LogP contribution is -2.35. The Morgan fingerprint density at radius 3 is 3.04 bits per heavy atom. The van der Waals surface area contributed by atoms with E-state index in [2.05, 4.69) is 27.6 Å². The van der Waals surface area contributed by atoms with E-state index in [-0.39, 0.29) is 0 Å². The van der Waals surface area contributed by atoms with E-state index in [1.165, 1.54) is 37.9 Å². The van der Waals surface area contributed by atoms with Crippen LogP contribution >= 0.6 is 0 Å². The first-order valence-corrected chi connectivity index (χ1v) is 8.93. The predicted molar refractivity (Wildman–Crippen MR) is 90.3 cm³/mol. The van der Waals surface area contributed by atoms with Crippen LogP contribution in [0.25, 0.3) is 11.2 Å². The third-order valence-corrected chi connectivity index (χ3v) is 5.28. The first-order valence-electron chi connectivity index (χ1n) is 8.93. The van der Waals surface area contributed by atoms with E-state index in [1.807, 2.05) is 12.3 Å². The first-order chi connectivity index (χ1) is 11.3. The molecule has 5 nitrogen and oxygen atoms in total. The summed E-state index contributed by atoms with van der Waals surface area (Å²) >= 11 is 0. The van der Waals surface area contributed by atoms with Crippen LogP contribution in [-0.4, -0.2) is 46.2 Å². The third kappa shape index (κ3) is 3.00. The first kappa shape index (κ1) is 15.1. The van der Waals surface area contributed by atoms with Gasteiger partial charge in [-0.1, -0.05) is 0 Å². The molecular formula is C18H26N4O. The second kappa shape index (κ2) is 6.57. The van der Waals surface area contributed by atoms with Crippen LogP contribution in [0, 0.1) is 5.92 Å². The predicted octanol–water partition coefficient (Wildman–Crippen LogP) is 3.01. The minimum absolute atomic E-state index is 0.392.